The van der Waals surface area contributed by atoms with Crippen molar-refractivity contribution in [2.45, 2.75) is 6.42 Å². The normalized spacial score (nSPS) is 9.88. The van der Waals surface area contributed by atoms with Crippen LogP contribution < -0.4 is 5.32 Å². The first-order chi connectivity index (χ1) is 8.28. The molecule has 2 rings (SSSR count). The van der Waals surface area contributed by atoms with Crippen molar-refractivity contribution < 1.29 is 0 Å². The van der Waals surface area contributed by atoms with Crippen LogP contribution in [0.1, 0.15) is 10.6 Å². The quantitative estimate of drug-likeness (QED) is 0.941. The van der Waals surface area contributed by atoms with Gasteiger partial charge in [0, 0.05) is 11.4 Å². The molecule has 0 bridgehead atoms. The maximum absolute atomic E-state index is 8.72. The minimum atomic E-state index is 0.439. The molecule has 3 nitrogen and oxygen atoms in total. The van der Waals surface area contributed by atoms with Crippen molar-refractivity contribution in [2.75, 3.05) is 11.9 Å². The van der Waals surface area contributed by atoms with Crippen LogP contribution in [0.15, 0.2) is 34.1 Å². The molecular weight excluding hydrogens is 298 g/mol. The lowest BCUT2D eigenvalue weighted by Crippen LogP contribution is -2.05. The molecule has 0 aliphatic carbocycles. The Balaban J connectivity index is 1.88. The van der Waals surface area contributed by atoms with Crippen LogP contribution in [0, 0.1) is 11.3 Å². The molecular formula is C12H10BrN3S. The topological polar surface area (TPSA) is 48.7 Å². The van der Waals surface area contributed by atoms with Gasteiger partial charge in [-0.1, -0.05) is 6.07 Å². The van der Waals surface area contributed by atoms with E-state index in [9.17, 15) is 0 Å². The minimum absolute atomic E-state index is 0.439. The number of anilines is 1. The number of pyridine rings is 1. The van der Waals surface area contributed by atoms with Gasteiger partial charge in [-0.3, -0.25) is 0 Å². The number of thiophene rings is 1. The molecule has 2 aromatic rings. The Hall–Kier alpha value is -1.38. The summed E-state index contributed by atoms with van der Waals surface area (Å²) in [5.41, 5.74) is 0.439. The Bertz CT molecular complexity index is 545. The van der Waals surface area contributed by atoms with Gasteiger partial charge >= 0.3 is 0 Å². The monoisotopic (exact) mass is 307 g/mol. The summed E-state index contributed by atoms with van der Waals surface area (Å²) in [6.07, 6.45) is 0.953. The number of nitrogens with one attached hydrogen (secondary N) is 1. The molecule has 0 aliphatic heterocycles. The van der Waals surface area contributed by atoms with Gasteiger partial charge in [0.1, 0.15) is 17.6 Å². The predicted octanol–water partition coefficient (Wildman–Crippen LogP) is 3.43. The van der Waals surface area contributed by atoms with E-state index in [1.165, 1.54) is 4.88 Å². The van der Waals surface area contributed by atoms with Gasteiger partial charge in [-0.05, 0) is 46.6 Å². The molecule has 0 aliphatic rings. The average molecular weight is 308 g/mol. The van der Waals surface area contributed by atoms with Crippen LogP contribution in [0.4, 0.5) is 5.82 Å². The van der Waals surface area contributed by atoms with E-state index in [2.05, 4.69) is 38.4 Å². The predicted molar refractivity (Wildman–Crippen MR) is 73.2 cm³/mol. The highest BCUT2D eigenvalue weighted by Crippen LogP contribution is 2.22. The summed E-state index contributed by atoms with van der Waals surface area (Å²) in [6.45, 7) is 0.814. The molecule has 0 spiro atoms. The molecule has 17 heavy (non-hydrogen) atoms. The summed E-state index contributed by atoms with van der Waals surface area (Å²) in [5.74, 6) is 0.750. The molecule has 0 atom stereocenters. The number of hydrogen-bond acceptors (Lipinski definition) is 4. The van der Waals surface area contributed by atoms with Crippen molar-refractivity contribution >= 4 is 33.1 Å². The zero-order valence-corrected chi connectivity index (χ0v) is 11.4. The van der Waals surface area contributed by atoms with Crippen LogP contribution in [0.3, 0.4) is 0 Å². The van der Waals surface area contributed by atoms with E-state index in [1.807, 2.05) is 18.2 Å². The van der Waals surface area contributed by atoms with Crippen molar-refractivity contribution in [3.8, 4) is 6.07 Å². The number of halogens is 1. The summed E-state index contributed by atoms with van der Waals surface area (Å²) in [5, 5.41) is 11.9. The third-order valence-corrected chi connectivity index (χ3v) is 3.85. The summed E-state index contributed by atoms with van der Waals surface area (Å²) >= 11 is 5.17. The van der Waals surface area contributed by atoms with Crippen LogP contribution in [0.5, 0.6) is 0 Å². The van der Waals surface area contributed by atoms with Gasteiger partial charge in [0.25, 0.3) is 0 Å². The summed E-state index contributed by atoms with van der Waals surface area (Å²) in [6, 6.07) is 11.6. The zero-order valence-electron chi connectivity index (χ0n) is 8.98. The van der Waals surface area contributed by atoms with Crippen LogP contribution in [0.2, 0.25) is 0 Å². The maximum atomic E-state index is 8.72. The molecule has 5 heteroatoms. The van der Waals surface area contributed by atoms with Crippen LogP contribution in [0.25, 0.3) is 0 Å². The summed E-state index contributed by atoms with van der Waals surface area (Å²) < 4.78 is 1.15. The second kappa shape index (κ2) is 5.80. The lowest BCUT2D eigenvalue weighted by Gasteiger charge is -2.04. The molecule has 0 aromatic carbocycles. The Kier molecular flexibility index (Phi) is 4.13. The van der Waals surface area contributed by atoms with Gasteiger partial charge in [0.15, 0.2) is 0 Å². The van der Waals surface area contributed by atoms with E-state index in [0.29, 0.717) is 5.69 Å². The van der Waals surface area contributed by atoms with Crippen molar-refractivity contribution in [3.63, 3.8) is 0 Å². The zero-order chi connectivity index (χ0) is 12.1. The van der Waals surface area contributed by atoms with E-state index < -0.39 is 0 Å². The standard InChI is InChI=1S/C12H10BrN3S/c13-11-5-4-10(17-11)6-7-15-12-3-1-2-9(8-14)16-12/h1-5H,6-7H2,(H,15,16). The van der Waals surface area contributed by atoms with Crippen molar-refractivity contribution in [2.24, 2.45) is 0 Å². The molecule has 0 fully saturated rings. The van der Waals surface area contributed by atoms with Gasteiger partial charge in [-0.25, -0.2) is 4.98 Å². The number of nitriles is 1. The van der Waals surface area contributed by atoms with E-state index in [1.54, 1.807) is 17.4 Å². The van der Waals surface area contributed by atoms with E-state index in [0.717, 1.165) is 22.6 Å². The minimum Gasteiger partial charge on any atom is -0.370 e. The van der Waals surface area contributed by atoms with Crippen LogP contribution in [-0.4, -0.2) is 11.5 Å². The highest BCUT2D eigenvalue weighted by atomic mass is 79.9. The fourth-order valence-corrected chi connectivity index (χ4v) is 2.88. The second-order valence-corrected chi connectivity index (χ2v) is 5.95. The number of nitrogens with zero attached hydrogens (tertiary/aromatic N) is 2. The largest absolute Gasteiger partial charge is 0.370 e. The molecule has 2 aromatic heterocycles. The maximum Gasteiger partial charge on any atom is 0.142 e. The van der Waals surface area contributed by atoms with Crippen molar-refractivity contribution in [3.05, 3.63) is 44.7 Å². The number of rotatable bonds is 4. The first-order valence-electron chi connectivity index (χ1n) is 5.13. The number of aromatic nitrogens is 1. The van der Waals surface area contributed by atoms with Crippen molar-refractivity contribution in [1.29, 1.82) is 5.26 Å². The highest BCUT2D eigenvalue weighted by molar-refractivity contribution is 9.11. The van der Waals surface area contributed by atoms with E-state index in [4.69, 9.17) is 5.26 Å². The Labute approximate surface area is 112 Å². The molecule has 86 valence electrons. The molecule has 0 saturated heterocycles. The fraction of sp³-hybridized carbons (Fsp3) is 0.167. The third-order valence-electron chi connectivity index (χ3n) is 2.17. The van der Waals surface area contributed by atoms with Gasteiger partial charge in [-0.15, -0.1) is 11.3 Å². The molecule has 0 saturated carbocycles. The van der Waals surface area contributed by atoms with Gasteiger partial charge < -0.3 is 5.32 Å². The number of hydrogen-bond donors (Lipinski definition) is 1. The van der Waals surface area contributed by atoms with Crippen LogP contribution in [-0.2, 0) is 6.42 Å². The van der Waals surface area contributed by atoms with E-state index in [-0.39, 0.29) is 0 Å². The smallest absolute Gasteiger partial charge is 0.142 e. The molecule has 2 heterocycles. The average Bonchev–Trinajstić information content (AvgIpc) is 2.75. The molecule has 0 unspecified atom stereocenters. The first-order valence-corrected chi connectivity index (χ1v) is 6.74. The molecule has 1 N–H and O–H groups in total. The molecule has 0 radical (unpaired) electrons. The van der Waals surface area contributed by atoms with Gasteiger partial charge in [-0.2, -0.15) is 5.26 Å². The Morgan fingerprint density at radius 3 is 2.94 bits per heavy atom. The van der Waals surface area contributed by atoms with Crippen LogP contribution >= 0.6 is 27.3 Å². The lowest BCUT2D eigenvalue weighted by atomic mass is 10.3. The van der Waals surface area contributed by atoms with Crippen molar-refractivity contribution in [1.82, 2.24) is 4.98 Å². The SMILES string of the molecule is N#Cc1cccc(NCCc2ccc(Br)s2)n1. The fourth-order valence-electron chi connectivity index (χ4n) is 1.40. The highest BCUT2D eigenvalue weighted by Gasteiger charge is 1.99. The Morgan fingerprint density at radius 1 is 1.35 bits per heavy atom. The van der Waals surface area contributed by atoms with Gasteiger partial charge in [0.2, 0.25) is 0 Å². The Morgan fingerprint density at radius 2 is 2.24 bits per heavy atom. The summed E-state index contributed by atoms with van der Waals surface area (Å²) in [4.78, 5) is 5.47. The molecule has 0 amide bonds. The summed E-state index contributed by atoms with van der Waals surface area (Å²) in [7, 11) is 0. The van der Waals surface area contributed by atoms with Gasteiger partial charge in [0.05, 0.1) is 3.79 Å². The second-order valence-electron chi connectivity index (χ2n) is 3.40. The lowest BCUT2D eigenvalue weighted by molar-refractivity contribution is 1.03. The third kappa shape index (κ3) is 3.55. The first kappa shape index (κ1) is 12.1. The van der Waals surface area contributed by atoms with E-state index >= 15 is 0 Å².